The van der Waals surface area contributed by atoms with Crippen molar-refractivity contribution >= 4 is 33.2 Å². The molecule has 38 heavy (non-hydrogen) atoms. The molecule has 1 aliphatic rings. The number of para-hydroxylation sites is 1. The van der Waals surface area contributed by atoms with Crippen molar-refractivity contribution in [2.24, 2.45) is 0 Å². The molecule has 1 aromatic heterocycles. The molecule has 0 bridgehead atoms. The normalized spacial score (nSPS) is 13.6. The monoisotopic (exact) mass is 603 g/mol. The van der Waals surface area contributed by atoms with E-state index in [4.69, 9.17) is 0 Å². The first-order valence-electron chi connectivity index (χ1n) is 12.0. The third kappa shape index (κ3) is 6.05. The number of carbonyl (C=O) groups excluding carboxylic acids is 1. The molecule has 1 aliphatic heterocycles. The van der Waals surface area contributed by atoms with Crippen LogP contribution in [0.3, 0.4) is 0 Å². The Kier molecular flexibility index (Phi) is 8.47. The van der Waals surface area contributed by atoms with Crippen LogP contribution in [0.2, 0.25) is 0 Å². The summed E-state index contributed by atoms with van der Waals surface area (Å²) in [7, 11) is 0. The molecule has 5 nitrogen and oxygen atoms in total. The number of anilines is 2. The summed E-state index contributed by atoms with van der Waals surface area (Å²) < 4.78 is 43.2. The van der Waals surface area contributed by atoms with Gasteiger partial charge in [-0.3, -0.25) is 4.79 Å². The van der Waals surface area contributed by atoms with Crippen LogP contribution in [-0.4, -0.2) is 28.8 Å². The molecule has 0 unspecified atom stereocenters. The van der Waals surface area contributed by atoms with Crippen LogP contribution in [0.4, 0.5) is 24.5 Å². The smallest absolute Gasteiger partial charge is 0.416 e. The van der Waals surface area contributed by atoms with Crippen LogP contribution in [0.15, 0.2) is 83.5 Å². The van der Waals surface area contributed by atoms with E-state index in [2.05, 4.69) is 26.3 Å². The molecule has 198 valence electrons. The number of aromatic nitrogens is 2. The summed E-state index contributed by atoms with van der Waals surface area (Å²) in [5.74, 6) is -0.530. The van der Waals surface area contributed by atoms with Gasteiger partial charge in [0.05, 0.1) is 28.2 Å². The molecular weight excluding hydrogens is 581 g/mol. The fourth-order valence-corrected chi connectivity index (χ4v) is 4.75. The van der Waals surface area contributed by atoms with Crippen LogP contribution >= 0.6 is 15.9 Å². The average Bonchev–Trinajstić information content (AvgIpc) is 3.35. The highest BCUT2D eigenvalue weighted by Crippen LogP contribution is 2.37. The van der Waals surface area contributed by atoms with Crippen molar-refractivity contribution in [1.29, 1.82) is 0 Å². The summed E-state index contributed by atoms with van der Waals surface area (Å²) in [6, 6.07) is 20.2. The molecule has 0 atom stereocenters. The van der Waals surface area contributed by atoms with E-state index in [1.54, 1.807) is 10.9 Å². The Morgan fingerprint density at radius 1 is 0.921 bits per heavy atom. The summed E-state index contributed by atoms with van der Waals surface area (Å²) >= 11 is 3.42. The van der Waals surface area contributed by atoms with Gasteiger partial charge >= 0.3 is 6.18 Å². The number of rotatable bonds is 5. The van der Waals surface area contributed by atoms with Crippen LogP contribution in [0.25, 0.3) is 16.9 Å². The summed E-state index contributed by atoms with van der Waals surface area (Å²) in [5.41, 5.74) is 2.07. The van der Waals surface area contributed by atoms with E-state index in [1.165, 1.54) is 6.07 Å². The zero-order chi connectivity index (χ0) is 26.0. The van der Waals surface area contributed by atoms with Gasteiger partial charge < -0.3 is 22.6 Å². The molecule has 0 aliphatic carbocycles. The topological polar surface area (TPSA) is 50.2 Å². The second-order valence-corrected chi connectivity index (χ2v) is 9.83. The quantitative estimate of drug-likeness (QED) is 0.363. The second-order valence-electron chi connectivity index (χ2n) is 8.91. The SMILES string of the molecule is O=C(Nc1cc(C(F)(F)F)ccc1N1CCCCC1)c1cn(-c2ccccc2)nc1-c1ccc(Br)cc1.[Cl-]. The van der Waals surface area contributed by atoms with Gasteiger partial charge in [-0.1, -0.05) is 46.3 Å². The first-order valence-corrected chi connectivity index (χ1v) is 12.8. The average molecular weight is 605 g/mol. The lowest BCUT2D eigenvalue weighted by Crippen LogP contribution is -3.00. The van der Waals surface area contributed by atoms with Crippen molar-refractivity contribution in [2.75, 3.05) is 23.3 Å². The van der Waals surface area contributed by atoms with E-state index in [0.29, 0.717) is 16.9 Å². The largest absolute Gasteiger partial charge is 1.00 e. The summed E-state index contributed by atoms with van der Waals surface area (Å²) in [4.78, 5) is 15.7. The zero-order valence-corrected chi connectivity index (χ0v) is 22.5. The second kappa shape index (κ2) is 11.6. The molecule has 1 fully saturated rings. The number of hydrogen-bond acceptors (Lipinski definition) is 3. The van der Waals surface area contributed by atoms with Crippen molar-refractivity contribution in [3.63, 3.8) is 0 Å². The minimum absolute atomic E-state index is 0. The number of benzene rings is 3. The maximum absolute atomic E-state index is 13.6. The van der Waals surface area contributed by atoms with Crippen molar-refractivity contribution in [1.82, 2.24) is 9.78 Å². The zero-order valence-electron chi connectivity index (χ0n) is 20.2. The Morgan fingerprint density at radius 3 is 2.26 bits per heavy atom. The van der Waals surface area contributed by atoms with Crippen molar-refractivity contribution in [3.8, 4) is 16.9 Å². The lowest BCUT2D eigenvalue weighted by atomic mass is 10.1. The summed E-state index contributed by atoms with van der Waals surface area (Å²) in [5, 5.41) is 7.44. The predicted molar refractivity (Wildman–Crippen MR) is 142 cm³/mol. The fraction of sp³-hybridized carbons (Fsp3) is 0.214. The third-order valence-corrected chi connectivity index (χ3v) is 6.89. The molecule has 5 rings (SSSR count). The number of amides is 1. The van der Waals surface area contributed by atoms with Gasteiger partial charge in [0, 0.05) is 29.3 Å². The molecule has 4 aromatic rings. The standard InChI is InChI=1S/C28H24BrF3N4O.ClH/c29-21-12-9-19(10-13-21)26-23(18-36(34-26)22-7-3-1-4-8-22)27(37)33-24-17-20(28(30,31)32)11-14-25(24)35-15-5-2-6-16-35;/h1,3-4,7-14,17-18H,2,5-6,15-16H2,(H,33,37);1H/p-1. The molecular formula is C28H24BrClF3N4O-. The van der Waals surface area contributed by atoms with Gasteiger partial charge in [-0.2, -0.15) is 18.3 Å². The van der Waals surface area contributed by atoms with E-state index >= 15 is 0 Å². The van der Waals surface area contributed by atoms with Gasteiger partial charge in [-0.15, -0.1) is 0 Å². The predicted octanol–water partition coefficient (Wildman–Crippen LogP) is 4.57. The molecule has 2 heterocycles. The minimum atomic E-state index is -4.53. The number of alkyl halides is 3. The third-order valence-electron chi connectivity index (χ3n) is 6.37. The van der Waals surface area contributed by atoms with Gasteiger partial charge in [0.15, 0.2) is 0 Å². The Balaban J connectivity index is 0.00000336. The first-order chi connectivity index (χ1) is 17.8. The van der Waals surface area contributed by atoms with Crippen LogP contribution in [0.5, 0.6) is 0 Å². The maximum atomic E-state index is 13.6. The number of carbonyl (C=O) groups is 1. The van der Waals surface area contributed by atoms with E-state index in [9.17, 15) is 18.0 Å². The Morgan fingerprint density at radius 2 is 1.61 bits per heavy atom. The Bertz CT molecular complexity index is 1400. The van der Waals surface area contributed by atoms with Crippen LogP contribution in [-0.2, 0) is 6.18 Å². The lowest BCUT2D eigenvalue weighted by molar-refractivity contribution is -0.137. The molecule has 10 heteroatoms. The lowest BCUT2D eigenvalue weighted by Gasteiger charge is -2.31. The molecule has 1 saturated heterocycles. The van der Waals surface area contributed by atoms with Crippen LogP contribution < -0.4 is 22.6 Å². The van der Waals surface area contributed by atoms with Gasteiger partial charge in [-0.05, 0) is 61.7 Å². The van der Waals surface area contributed by atoms with Gasteiger partial charge in [0.25, 0.3) is 5.91 Å². The Hall–Kier alpha value is -3.30. The number of piperidine rings is 1. The summed E-state index contributed by atoms with van der Waals surface area (Å²) in [6.07, 6.45) is 0.0584. The molecule has 0 radical (unpaired) electrons. The Labute approximate surface area is 233 Å². The van der Waals surface area contributed by atoms with E-state index in [-0.39, 0.29) is 23.7 Å². The van der Waals surface area contributed by atoms with E-state index in [0.717, 1.165) is 54.6 Å². The minimum Gasteiger partial charge on any atom is -1.00 e. The highest BCUT2D eigenvalue weighted by atomic mass is 79.9. The first kappa shape index (κ1) is 27.7. The van der Waals surface area contributed by atoms with Crippen molar-refractivity contribution in [3.05, 3.63) is 94.6 Å². The molecule has 3 aromatic carbocycles. The maximum Gasteiger partial charge on any atom is 0.416 e. The number of nitrogens with one attached hydrogen (secondary N) is 1. The highest BCUT2D eigenvalue weighted by molar-refractivity contribution is 9.10. The van der Waals surface area contributed by atoms with Gasteiger partial charge in [0.1, 0.15) is 5.69 Å². The van der Waals surface area contributed by atoms with Crippen LogP contribution in [0, 0.1) is 0 Å². The summed E-state index contributed by atoms with van der Waals surface area (Å²) in [6.45, 7) is 1.45. The van der Waals surface area contributed by atoms with Crippen molar-refractivity contribution < 1.29 is 30.4 Å². The van der Waals surface area contributed by atoms with Gasteiger partial charge in [-0.25, -0.2) is 4.68 Å². The fourth-order valence-electron chi connectivity index (χ4n) is 4.49. The van der Waals surface area contributed by atoms with Crippen LogP contribution in [0.1, 0.15) is 35.2 Å². The van der Waals surface area contributed by atoms with E-state index in [1.807, 2.05) is 59.5 Å². The molecule has 1 amide bonds. The molecule has 1 N–H and O–H groups in total. The number of hydrogen-bond donors (Lipinski definition) is 1. The van der Waals surface area contributed by atoms with Crippen molar-refractivity contribution in [2.45, 2.75) is 25.4 Å². The molecule has 0 spiro atoms. The van der Waals surface area contributed by atoms with E-state index < -0.39 is 17.6 Å². The van der Waals surface area contributed by atoms with Gasteiger partial charge in [0.2, 0.25) is 0 Å². The number of nitrogens with zero attached hydrogens (tertiary/aromatic N) is 3. The number of halogens is 5. The highest BCUT2D eigenvalue weighted by Gasteiger charge is 2.32. The molecule has 0 saturated carbocycles.